The quantitative estimate of drug-likeness (QED) is 0.557. The number of hydrogen-bond acceptors (Lipinski definition) is 2. The predicted molar refractivity (Wildman–Crippen MR) is 31.9 cm³/mol. The van der Waals surface area contributed by atoms with Crippen molar-refractivity contribution in [2.45, 2.75) is 23.4 Å². The molecule has 0 aliphatic rings. The Labute approximate surface area is 53.8 Å². The second-order valence-corrected chi connectivity index (χ2v) is 7.02. The van der Waals surface area contributed by atoms with Gasteiger partial charge in [-0.15, -0.1) is 0 Å². The van der Waals surface area contributed by atoms with Crippen molar-refractivity contribution in [3.63, 3.8) is 0 Å². The summed E-state index contributed by atoms with van der Waals surface area (Å²) >= 11 is -0.868. The van der Waals surface area contributed by atoms with Crippen molar-refractivity contribution in [3.8, 4) is 0 Å². The average Bonchev–Trinajstić information content (AvgIpc) is 1.64. The van der Waals surface area contributed by atoms with E-state index in [0.717, 1.165) is 0 Å². The van der Waals surface area contributed by atoms with Gasteiger partial charge in [0.1, 0.15) is 0 Å². The van der Waals surface area contributed by atoms with E-state index in [0.29, 0.717) is 0 Å². The van der Waals surface area contributed by atoms with E-state index in [1.54, 1.807) is 6.92 Å². The third-order valence-electron chi connectivity index (χ3n) is 1.04. The molecule has 0 fully saturated rings. The summed E-state index contributed by atoms with van der Waals surface area (Å²) in [5.74, 6) is 3.07. The molecule has 0 aliphatic carbocycles. The van der Waals surface area contributed by atoms with Gasteiger partial charge in [0.05, 0.1) is 0 Å². The second-order valence-electron chi connectivity index (χ2n) is 1.84. The van der Waals surface area contributed by atoms with E-state index in [4.69, 9.17) is 0 Å². The van der Waals surface area contributed by atoms with Gasteiger partial charge in [-0.3, -0.25) is 0 Å². The fraction of sp³-hybridized carbons (Fsp3) is 0.800. The van der Waals surface area contributed by atoms with Crippen LogP contribution in [0.25, 0.3) is 0 Å². The molecule has 48 valence electrons. The van der Waals surface area contributed by atoms with E-state index in [1.165, 1.54) is 0 Å². The Bertz CT molecular complexity index is 90.4. The molecule has 0 heterocycles. The van der Waals surface area contributed by atoms with Crippen LogP contribution < -0.4 is 5.11 Å². The van der Waals surface area contributed by atoms with Crippen molar-refractivity contribution in [3.05, 3.63) is 0 Å². The van der Waals surface area contributed by atoms with Crippen molar-refractivity contribution in [2.75, 3.05) is 0 Å². The number of rotatable bonds is 2. The number of carbonyl (C=O) groups is 1. The molecule has 0 N–H and O–H groups in total. The van der Waals surface area contributed by atoms with E-state index >= 15 is 0 Å². The van der Waals surface area contributed by atoms with Crippen LogP contribution in [-0.2, 0) is 4.79 Å². The molecule has 0 spiro atoms. The molecule has 1 unspecified atom stereocenters. The maximum absolute atomic E-state index is 10.1. The van der Waals surface area contributed by atoms with Crippen LogP contribution in [0, 0.1) is 0 Å². The predicted octanol–water partition coefficient (Wildman–Crippen LogP) is -0.119. The van der Waals surface area contributed by atoms with Gasteiger partial charge in [-0.1, -0.05) is 0 Å². The van der Waals surface area contributed by atoms with Crippen molar-refractivity contribution in [1.82, 2.24) is 0 Å². The standard InChI is InChI=1S/C5H10O2Se/c1-4(5(6)7)8(2)3/h4H,1-3H3. The van der Waals surface area contributed by atoms with Crippen LogP contribution in [0.1, 0.15) is 6.92 Å². The number of aliphatic carboxylic acids is 1. The Morgan fingerprint density at radius 1 is 1.62 bits per heavy atom. The van der Waals surface area contributed by atoms with Gasteiger partial charge in [-0.25, -0.2) is 0 Å². The summed E-state index contributed by atoms with van der Waals surface area (Å²) < 4.78 is 0. The van der Waals surface area contributed by atoms with Crippen LogP contribution in [0.15, 0.2) is 0 Å². The number of carbonyl (C=O) groups excluding carboxylic acids is 1. The van der Waals surface area contributed by atoms with Crippen LogP contribution in [-0.4, -0.2) is 19.9 Å². The first kappa shape index (κ1) is 7.99. The van der Waals surface area contributed by atoms with E-state index in [1.807, 2.05) is 11.6 Å². The number of hydrogen-bond donors (Lipinski definition) is 0. The van der Waals surface area contributed by atoms with Gasteiger partial charge in [0.2, 0.25) is 0 Å². The van der Waals surface area contributed by atoms with Crippen molar-refractivity contribution in [2.24, 2.45) is 0 Å². The zero-order valence-electron chi connectivity index (χ0n) is 5.30. The summed E-state index contributed by atoms with van der Waals surface area (Å²) in [6.45, 7) is 1.71. The van der Waals surface area contributed by atoms with Crippen LogP contribution in [0.3, 0.4) is 0 Å². The molecule has 0 aromatic heterocycles. The first-order valence-corrected chi connectivity index (χ1v) is 6.74. The minimum absolute atomic E-state index is 0.199. The third kappa shape index (κ3) is 2.34. The Morgan fingerprint density at radius 3 is 2.00 bits per heavy atom. The van der Waals surface area contributed by atoms with E-state index in [-0.39, 0.29) is 4.82 Å². The monoisotopic (exact) mass is 182 g/mol. The number of carboxylic acid groups (broad SMARTS) is 1. The van der Waals surface area contributed by atoms with Crippen molar-refractivity contribution < 1.29 is 9.90 Å². The van der Waals surface area contributed by atoms with Gasteiger partial charge in [0, 0.05) is 0 Å². The SMILES string of the molecule is CC(C(=O)[O-])[Se+](C)C. The molecule has 0 saturated heterocycles. The first-order valence-electron chi connectivity index (χ1n) is 2.33. The second kappa shape index (κ2) is 3.10. The van der Waals surface area contributed by atoms with E-state index < -0.39 is 19.9 Å². The topological polar surface area (TPSA) is 40.1 Å². The Morgan fingerprint density at radius 2 is 2.00 bits per heavy atom. The molecule has 1 atom stereocenters. The van der Waals surface area contributed by atoms with Crippen molar-refractivity contribution >= 4 is 19.9 Å². The number of carboxylic acids is 1. The van der Waals surface area contributed by atoms with Gasteiger partial charge in [0.15, 0.2) is 0 Å². The normalized spacial score (nSPS) is 14.0. The molecule has 0 aromatic carbocycles. The van der Waals surface area contributed by atoms with E-state index in [9.17, 15) is 9.90 Å². The van der Waals surface area contributed by atoms with Crippen molar-refractivity contribution in [1.29, 1.82) is 0 Å². The average molecular weight is 181 g/mol. The Kier molecular flexibility index (Phi) is 3.10. The molecule has 0 aromatic rings. The molecule has 0 amide bonds. The molecule has 0 bridgehead atoms. The van der Waals surface area contributed by atoms with Gasteiger partial charge in [0.25, 0.3) is 0 Å². The fourth-order valence-electron chi connectivity index (χ4n) is 0.192. The van der Waals surface area contributed by atoms with Gasteiger partial charge in [-0.05, 0) is 0 Å². The Balaban J connectivity index is 3.64. The van der Waals surface area contributed by atoms with Crippen LogP contribution in [0.5, 0.6) is 0 Å². The van der Waals surface area contributed by atoms with Gasteiger partial charge in [-0.2, -0.15) is 0 Å². The fourth-order valence-corrected chi connectivity index (χ4v) is 1.00. The molecule has 3 heteroatoms. The first-order chi connectivity index (χ1) is 3.55. The van der Waals surface area contributed by atoms with E-state index in [2.05, 4.69) is 0 Å². The zero-order chi connectivity index (χ0) is 6.73. The maximum atomic E-state index is 10.1. The summed E-state index contributed by atoms with van der Waals surface area (Å²) in [6, 6.07) is 0. The molecule has 0 rings (SSSR count). The summed E-state index contributed by atoms with van der Waals surface area (Å²) in [5, 5.41) is 10.1. The molecule has 0 aliphatic heterocycles. The van der Waals surface area contributed by atoms with Gasteiger partial charge >= 0.3 is 53.2 Å². The zero-order valence-corrected chi connectivity index (χ0v) is 7.02. The third-order valence-corrected chi connectivity index (χ3v) is 4.41. The van der Waals surface area contributed by atoms with Crippen LogP contribution in [0.4, 0.5) is 0 Å². The molecule has 0 radical (unpaired) electrons. The van der Waals surface area contributed by atoms with Gasteiger partial charge < -0.3 is 0 Å². The molecule has 2 nitrogen and oxygen atoms in total. The summed E-state index contributed by atoms with van der Waals surface area (Å²) in [5.41, 5.74) is 0. The minimum atomic E-state index is -0.903. The molecular weight excluding hydrogens is 171 g/mol. The molecule has 8 heavy (non-hydrogen) atoms. The van der Waals surface area contributed by atoms with Crippen LogP contribution in [0.2, 0.25) is 16.5 Å². The summed E-state index contributed by atoms with van der Waals surface area (Å²) in [7, 11) is 0. The Hall–Kier alpha value is -0.0105. The summed E-state index contributed by atoms with van der Waals surface area (Å²) in [6.07, 6.45) is 0. The van der Waals surface area contributed by atoms with Crippen LogP contribution >= 0.6 is 0 Å². The molecular formula is C5H10O2Se. The summed E-state index contributed by atoms with van der Waals surface area (Å²) in [4.78, 5) is 9.86. The molecule has 0 saturated carbocycles.